The smallest absolute Gasteiger partial charge is 0.0978 e. The number of rotatable bonds is 9. The van der Waals surface area contributed by atoms with Gasteiger partial charge in [0, 0.05) is 44.8 Å². The highest BCUT2D eigenvalue weighted by atomic mass is 14.8. The molecule has 318 valence electrons. The van der Waals surface area contributed by atoms with E-state index in [1.165, 1.54) is 0 Å². The van der Waals surface area contributed by atoms with Crippen LogP contribution in [-0.2, 0) is 0 Å². The average Bonchev–Trinajstić information content (AvgIpc) is 3.43. The van der Waals surface area contributed by atoms with Gasteiger partial charge in [0.25, 0.3) is 0 Å². The molecule has 4 heteroatoms. The highest BCUT2D eigenvalue weighted by molar-refractivity contribution is 6.09. The Morgan fingerprint density at radius 1 is 0.221 bits per heavy atom. The van der Waals surface area contributed by atoms with Crippen LogP contribution >= 0.6 is 0 Å². The van der Waals surface area contributed by atoms with Crippen LogP contribution in [0.4, 0.5) is 0 Å². The van der Waals surface area contributed by atoms with Crippen molar-refractivity contribution in [1.82, 2.24) is 19.9 Å². The van der Waals surface area contributed by atoms with E-state index >= 15 is 0 Å². The van der Waals surface area contributed by atoms with E-state index in [1.54, 1.807) is 0 Å². The lowest BCUT2D eigenvalue weighted by Crippen LogP contribution is -1.94. The Morgan fingerprint density at radius 3 is 1.01 bits per heavy atom. The summed E-state index contributed by atoms with van der Waals surface area (Å²) < 4.78 is 0. The molecule has 0 aliphatic rings. The zero-order valence-corrected chi connectivity index (χ0v) is 37.0. The molecule has 0 atom stereocenters. The first-order valence-corrected chi connectivity index (χ1v) is 22.9. The van der Waals surface area contributed by atoms with E-state index in [0.29, 0.717) is 0 Å². The summed E-state index contributed by atoms with van der Waals surface area (Å²) in [6, 6.07) is 87.7. The van der Waals surface area contributed by atoms with Crippen LogP contribution in [0.1, 0.15) is 0 Å². The van der Waals surface area contributed by atoms with E-state index < -0.39 is 0 Å². The van der Waals surface area contributed by atoms with Crippen molar-refractivity contribution >= 4 is 21.8 Å². The van der Waals surface area contributed by atoms with Gasteiger partial charge < -0.3 is 0 Å². The van der Waals surface area contributed by atoms with Crippen molar-refractivity contribution in [2.45, 2.75) is 0 Å². The number of hydrogen-bond acceptors (Lipinski definition) is 4. The van der Waals surface area contributed by atoms with Crippen LogP contribution in [0.5, 0.6) is 0 Å². The zero-order chi connectivity index (χ0) is 45.2. The molecule has 0 amide bonds. The summed E-state index contributed by atoms with van der Waals surface area (Å²) in [5.74, 6) is 0. The van der Waals surface area contributed by atoms with Crippen LogP contribution in [0.25, 0.3) is 123 Å². The van der Waals surface area contributed by atoms with Gasteiger partial charge in [0.1, 0.15) is 0 Å². The van der Waals surface area contributed by atoms with Crippen molar-refractivity contribution in [2.75, 3.05) is 0 Å². The Bertz CT molecular complexity index is 3490. The minimum Gasteiger partial charge on any atom is -0.254 e. The summed E-state index contributed by atoms with van der Waals surface area (Å²) in [5.41, 5.74) is 20.5. The molecule has 8 aromatic carbocycles. The van der Waals surface area contributed by atoms with Gasteiger partial charge in [-0.1, -0.05) is 194 Å². The normalized spacial score (nSPS) is 11.2. The molecule has 0 radical (unpaired) electrons. The van der Waals surface area contributed by atoms with Crippen molar-refractivity contribution in [1.29, 1.82) is 0 Å². The Morgan fingerprint density at radius 2 is 0.588 bits per heavy atom. The molecular formula is C64H42N4. The monoisotopic (exact) mass is 866 g/mol. The third-order valence-corrected chi connectivity index (χ3v) is 12.7. The summed E-state index contributed by atoms with van der Waals surface area (Å²) in [6.45, 7) is 0. The molecule has 0 unspecified atom stereocenters. The summed E-state index contributed by atoms with van der Waals surface area (Å²) in [5, 5.41) is 2.13. The van der Waals surface area contributed by atoms with Crippen molar-refractivity contribution in [2.24, 2.45) is 0 Å². The van der Waals surface area contributed by atoms with Crippen LogP contribution < -0.4 is 0 Å². The third kappa shape index (κ3) is 8.01. The fraction of sp³-hybridized carbons (Fsp3) is 0. The Kier molecular flexibility index (Phi) is 10.5. The lowest BCUT2D eigenvalue weighted by molar-refractivity contribution is 1.32. The van der Waals surface area contributed by atoms with Crippen molar-refractivity contribution < 1.29 is 0 Å². The lowest BCUT2D eigenvalue weighted by atomic mass is 9.90. The van der Waals surface area contributed by atoms with E-state index in [0.717, 1.165) is 123 Å². The minimum absolute atomic E-state index is 0.894. The van der Waals surface area contributed by atoms with Gasteiger partial charge in [0.2, 0.25) is 0 Å². The summed E-state index contributed by atoms with van der Waals surface area (Å²) in [4.78, 5) is 20.5. The number of nitrogens with zero attached hydrogens (tertiary/aromatic N) is 4. The molecule has 0 spiro atoms. The molecule has 4 heterocycles. The van der Waals surface area contributed by atoms with Gasteiger partial charge in [-0.2, -0.15) is 0 Å². The fourth-order valence-electron chi connectivity index (χ4n) is 9.21. The maximum atomic E-state index is 5.24. The van der Waals surface area contributed by atoms with Crippen LogP contribution in [0, 0.1) is 0 Å². The van der Waals surface area contributed by atoms with Crippen molar-refractivity contribution in [3.05, 3.63) is 255 Å². The molecule has 4 nitrogen and oxygen atoms in total. The number of pyridine rings is 4. The van der Waals surface area contributed by atoms with Crippen LogP contribution in [0.15, 0.2) is 255 Å². The first-order valence-electron chi connectivity index (χ1n) is 22.9. The van der Waals surface area contributed by atoms with Crippen molar-refractivity contribution in [3.63, 3.8) is 0 Å². The molecule has 0 saturated carbocycles. The highest BCUT2D eigenvalue weighted by Crippen LogP contribution is 2.40. The SMILES string of the molecule is c1ccc(-c2cc(-c3cc(-c4ccc(-c5cc(-c6ccccc6)nc6c5ccc5cccnc56)cc4)cc(-c4cc(-c5ccccc5)nc(-c5ccccc5)c4)c3)cc(-c3ccccc3)n2)cc1. The van der Waals surface area contributed by atoms with Gasteiger partial charge in [-0.05, 0) is 99.1 Å². The molecule has 0 aliphatic heterocycles. The van der Waals surface area contributed by atoms with Crippen LogP contribution in [-0.4, -0.2) is 19.9 Å². The Labute approximate surface area is 395 Å². The van der Waals surface area contributed by atoms with Gasteiger partial charge in [-0.3, -0.25) is 4.98 Å². The molecule has 12 aromatic rings. The summed E-state index contributed by atoms with van der Waals surface area (Å²) in [7, 11) is 0. The first-order chi connectivity index (χ1) is 33.7. The van der Waals surface area contributed by atoms with E-state index in [1.807, 2.05) is 42.6 Å². The fourth-order valence-corrected chi connectivity index (χ4v) is 9.21. The van der Waals surface area contributed by atoms with E-state index in [9.17, 15) is 0 Å². The molecule has 0 saturated heterocycles. The standard InChI is InChI=1S/C64H42N4/c1-6-17-45(18-7-1)58-38-54(39-59(66-58)46-19-8-2-9-20-46)52-35-51(36-53(37-52)55-40-60(47-21-10-3-11-22-47)67-61(41-55)48-23-12-4-13-24-48)43-28-30-44(31-29-43)57-42-62(49-25-14-5-15-26-49)68-64-56(57)33-32-50-27-16-34-65-63(50)64/h1-42H. The molecule has 0 fully saturated rings. The molecular weight excluding hydrogens is 825 g/mol. The topological polar surface area (TPSA) is 51.6 Å². The lowest BCUT2D eigenvalue weighted by Gasteiger charge is -2.16. The van der Waals surface area contributed by atoms with Gasteiger partial charge in [-0.15, -0.1) is 0 Å². The molecule has 68 heavy (non-hydrogen) atoms. The van der Waals surface area contributed by atoms with E-state index in [4.69, 9.17) is 19.9 Å². The second-order valence-corrected chi connectivity index (χ2v) is 17.1. The van der Waals surface area contributed by atoms with Gasteiger partial charge in [0.15, 0.2) is 0 Å². The molecule has 4 aromatic heterocycles. The second kappa shape index (κ2) is 17.7. The highest BCUT2D eigenvalue weighted by Gasteiger charge is 2.17. The average molecular weight is 867 g/mol. The molecule has 0 N–H and O–H groups in total. The van der Waals surface area contributed by atoms with Crippen LogP contribution in [0.2, 0.25) is 0 Å². The van der Waals surface area contributed by atoms with Crippen molar-refractivity contribution in [3.8, 4) is 101 Å². The molecule has 0 aliphatic carbocycles. The summed E-state index contributed by atoms with van der Waals surface area (Å²) in [6.07, 6.45) is 1.85. The predicted octanol–water partition coefficient (Wildman–Crippen LogP) is 16.6. The minimum atomic E-state index is 0.894. The first kappa shape index (κ1) is 40.4. The molecule has 12 rings (SSSR count). The van der Waals surface area contributed by atoms with Crippen LogP contribution in [0.3, 0.4) is 0 Å². The number of hydrogen-bond donors (Lipinski definition) is 0. The number of aromatic nitrogens is 4. The zero-order valence-electron chi connectivity index (χ0n) is 37.0. The maximum Gasteiger partial charge on any atom is 0.0978 e. The predicted molar refractivity (Wildman–Crippen MR) is 282 cm³/mol. The third-order valence-electron chi connectivity index (χ3n) is 12.7. The quantitative estimate of drug-likeness (QED) is 0.136. The number of fused-ring (bicyclic) bond motifs is 3. The maximum absolute atomic E-state index is 5.24. The summed E-state index contributed by atoms with van der Waals surface area (Å²) >= 11 is 0. The second-order valence-electron chi connectivity index (χ2n) is 17.1. The largest absolute Gasteiger partial charge is 0.254 e. The van der Waals surface area contributed by atoms with Gasteiger partial charge in [-0.25, -0.2) is 15.0 Å². The molecule has 0 bridgehead atoms. The van der Waals surface area contributed by atoms with E-state index in [-0.39, 0.29) is 0 Å². The Balaban J connectivity index is 1.05. The van der Waals surface area contributed by atoms with Gasteiger partial charge in [0.05, 0.1) is 39.5 Å². The van der Waals surface area contributed by atoms with Gasteiger partial charge >= 0.3 is 0 Å². The van der Waals surface area contributed by atoms with E-state index in [2.05, 4.69) is 212 Å². The number of benzene rings is 8. The Hall–Kier alpha value is -9.12.